The van der Waals surface area contributed by atoms with Crippen LogP contribution in [0.2, 0.25) is 0 Å². The summed E-state index contributed by atoms with van der Waals surface area (Å²) in [5.41, 5.74) is 2.33. The van der Waals surface area contributed by atoms with Gasteiger partial charge < -0.3 is 14.2 Å². The Bertz CT molecular complexity index is 874. The fourth-order valence-electron chi connectivity index (χ4n) is 3.23. The van der Waals surface area contributed by atoms with Crippen LogP contribution in [0.1, 0.15) is 38.3 Å². The van der Waals surface area contributed by atoms with Crippen molar-refractivity contribution in [3.63, 3.8) is 0 Å². The molecule has 0 saturated heterocycles. The van der Waals surface area contributed by atoms with Gasteiger partial charge in [-0.05, 0) is 60.9 Å². The van der Waals surface area contributed by atoms with E-state index in [9.17, 15) is 0 Å². The summed E-state index contributed by atoms with van der Waals surface area (Å²) in [6, 6.07) is 26.3. The summed E-state index contributed by atoms with van der Waals surface area (Å²) in [5, 5.41) is 0. The smallest absolute Gasteiger partial charge is 0.127 e. The molecule has 3 nitrogen and oxygen atoms in total. The van der Waals surface area contributed by atoms with E-state index in [-0.39, 0.29) is 5.41 Å². The molecule has 0 fully saturated rings. The van der Waals surface area contributed by atoms with E-state index >= 15 is 0 Å². The van der Waals surface area contributed by atoms with Gasteiger partial charge in [-0.3, -0.25) is 0 Å². The zero-order chi connectivity index (χ0) is 20.5. The minimum absolute atomic E-state index is 0.0388. The molecule has 1 unspecified atom stereocenters. The molecular formula is C26H30O3. The zero-order valence-electron chi connectivity index (χ0n) is 17.6. The third-order valence-corrected chi connectivity index (χ3v) is 5.21. The van der Waals surface area contributed by atoms with E-state index in [0.29, 0.717) is 19.8 Å². The lowest BCUT2D eigenvalue weighted by Crippen LogP contribution is -2.27. The fraction of sp³-hybridized carbons (Fsp3) is 0.308. The summed E-state index contributed by atoms with van der Waals surface area (Å²) in [7, 11) is 0. The molecule has 3 rings (SSSR count). The molecule has 0 bridgehead atoms. The van der Waals surface area contributed by atoms with Crippen LogP contribution in [-0.4, -0.2) is 13.2 Å². The molecule has 0 N–H and O–H groups in total. The Labute approximate surface area is 174 Å². The van der Waals surface area contributed by atoms with Gasteiger partial charge in [-0.2, -0.15) is 0 Å². The summed E-state index contributed by atoms with van der Waals surface area (Å²) < 4.78 is 17.6. The van der Waals surface area contributed by atoms with Gasteiger partial charge in [0.1, 0.15) is 17.2 Å². The summed E-state index contributed by atoms with van der Waals surface area (Å²) >= 11 is 0. The van der Waals surface area contributed by atoms with Gasteiger partial charge in [-0.15, -0.1) is 0 Å². The van der Waals surface area contributed by atoms with Crippen LogP contribution in [0.15, 0.2) is 78.9 Å². The van der Waals surface area contributed by atoms with Gasteiger partial charge in [-0.1, -0.05) is 56.3 Å². The lowest BCUT2D eigenvalue weighted by Gasteiger charge is -2.29. The second kappa shape index (κ2) is 10.1. The van der Waals surface area contributed by atoms with Gasteiger partial charge in [0.05, 0.1) is 19.8 Å². The lowest BCUT2D eigenvalue weighted by atomic mass is 9.81. The Morgan fingerprint density at radius 2 is 1.48 bits per heavy atom. The highest BCUT2D eigenvalue weighted by Gasteiger charge is 2.25. The Balaban J connectivity index is 1.59. The van der Waals surface area contributed by atoms with E-state index in [1.54, 1.807) is 0 Å². The Morgan fingerprint density at radius 3 is 2.17 bits per heavy atom. The molecular weight excluding hydrogens is 360 g/mol. The maximum atomic E-state index is 6.13. The third-order valence-electron chi connectivity index (χ3n) is 5.21. The van der Waals surface area contributed by atoms with Gasteiger partial charge in [-0.25, -0.2) is 0 Å². The number of hydrogen-bond acceptors (Lipinski definition) is 3. The first-order valence-corrected chi connectivity index (χ1v) is 10.3. The topological polar surface area (TPSA) is 27.7 Å². The van der Waals surface area contributed by atoms with Crippen molar-refractivity contribution in [2.24, 2.45) is 0 Å². The van der Waals surface area contributed by atoms with Crippen LogP contribution in [0, 0.1) is 0 Å². The van der Waals surface area contributed by atoms with Gasteiger partial charge in [0.2, 0.25) is 0 Å². The van der Waals surface area contributed by atoms with Gasteiger partial charge in [0.15, 0.2) is 0 Å². The van der Waals surface area contributed by atoms with E-state index in [1.165, 1.54) is 5.56 Å². The molecule has 0 amide bonds. The van der Waals surface area contributed by atoms with Crippen LogP contribution in [0.25, 0.3) is 0 Å². The van der Waals surface area contributed by atoms with Crippen LogP contribution in [0.3, 0.4) is 0 Å². The van der Waals surface area contributed by atoms with E-state index in [1.807, 2.05) is 67.6 Å². The Hall–Kier alpha value is -2.78. The molecule has 0 heterocycles. The van der Waals surface area contributed by atoms with Crippen molar-refractivity contribution in [2.75, 3.05) is 13.2 Å². The first-order valence-electron chi connectivity index (χ1n) is 10.3. The SMILES string of the molecule is CCOc1ccc(C(C)(CC)COCc2cccc(Oc3ccccc3)c2)cc1. The highest BCUT2D eigenvalue weighted by molar-refractivity contribution is 5.34. The second-order valence-corrected chi connectivity index (χ2v) is 7.43. The van der Waals surface area contributed by atoms with Crippen LogP contribution >= 0.6 is 0 Å². The number of benzene rings is 3. The molecule has 0 aromatic heterocycles. The first-order chi connectivity index (χ1) is 14.1. The molecule has 0 aliphatic carbocycles. The Kier molecular flexibility index (Phi) is 7.31. The number of para-hydroxylation sites is 1. The van der Waals surface area contributed by atoms with E-state index < -0.39 is 0 Å². The minimum Gasteiger partial charge on any atom is -0.494 e. The summed E-state index contributed by atoms with van der Waals surface area (Å²) in [6.45, 7) is 8.34. The molecule has 152 valence electrons. The maximum absolute atomic E-state index is 6.13. The van der Waals surface area contributed by atoms with Crippen molar-refractivity contribution in [2.45, 2.75) is 39.2 Å². The summed E-state index contributed by atoms with van der Waals surface area (Å²) in [6.07, 6.45) is 0.998. The molecule has 0 aliphatic rings. The lowest BCUT2D eigenvalue weighted by molar-refractivity contribution is 0.0747. The molecule has 0 spiro atoms. The van der Waals surface area contributed by atoms with Gasteiger partial charge in [0.25, 0.3) is 0 Å². The molecule has 1 atom stereocenters. The van der Waals surface area contributed by atoms with E-state index in [4.69, 9.17) is 14.2 Å². The number of ether oxygens (including phenoxy) is 3. The van der Waals surface area contributed by atoms with Crippen molar-refractivity contribution < 1.29 is 14.2 Å². The quantitative estimate of drug-likeness (QED) is 0.383. The zero-order valence-corrected chi connectivity index (χ0v) is 17.6. The average Bonchev–Trinajstić information content (AvgIpc) is 2.75. The van der Waals surface area contributed by atoms with Gasteiger partial charge >= 0.3 is 0 Å². The summed E-state index contributed by atoms with van der Waals surface area (Å²) in [5.74, 6) is 2.56. The van der Waals surface area contributed by atoms with Gasteiger partial charge in [0, 0.05) is 5.41 Å². The molecule has 3 aromatic rings. The normalized spacial score (nSPS) is 12.9. The first kappa shape index (κ1) is 20.9. The van der Waals surface area contributed by atoms with Crippen molar-refractivity contribution in [3.05, 3.63) is 90.0 Å². The number of rotatable bonds is 10. The van der Waals surface area contributed by atoms with E-state index in [0.717, 1.165) is 29.2 Å². The fourth-order valence-corrected chi connectivity index (χ4v) is 3.23. The van der Waals surface area contributed by atoms with Crippen LogP contribution in [0.4, 0.5) is 0 Å². The highest BCUT2D eigenvalue weighted by Crippen LogP contribution is 2.30. The van der Waals surface area contributed by atoms with Crippen molar-refractivity contribution in [1.82, 2.24) is 0 Å². The monoisotopic (exact) mass is 390 g/mol. The third kappa shape index (κ3) is 5.85. The van der Waals surface area contributed by atoms with Crippen molar-refractivity contribution >= 4 is 0 Å². The predicted molar refractivity (Wildman–Crippen MR) is 118 cm³/mol. The van der Waals surface area contributed by atoms with E-state index in [2.05, 4.69) is 32.0 Å². The van der Waals surface area contributed by atoms with Crippen molar-refractivity contribution in [1.29, 1.82) is 0 Å². The largest absolute Gasteiger partial charge is 0.494 e. The predicted octanol–water partition coefficient (Wildman–Crippen LogP) is 6.76. The summed E-state index contributed by atoms with van der Waals surface area (Å²) in [4.78, 5) is 0. The molecule has 29 heavy (non-hydrogen) atoms. The van der Waals surface area contributed by atoms with Crippen LogP contribution in [0.5, 0.6) is 17.2 Å². The minimum atomic E-state index is -0.0388. The maximum Gasteiger partial charge on any atom is 0.127 e. The molecule has 0 radical (unpaired) electrons. The molecule has 0 saturated carbocycles. The number of hydrogen-bond donors (Lipinski definition) is 0. The molecule has 0 aliphatic heterocycles. The second-order valence-electron chi connectivity index (χ2n) is 7.43. The molecule has 3 heteroatoms. The van der Waals surface area contributed by atoms with Crippen LogP contribution in [-0.2, 0) is 16.8 Å². The van der Waals surface area contributed by atoms with Crippen molar-refractivity contribution in [3.8, 4) is 17.2 Å². The standard InChI is InChI=1S/C26H30O3/c1-4-26(3,22-14-16-23(17-15-22)28-5-2)20-27-19-21-10-9-13-25(18-21)29-24-11-7-6-8-12-24/h6-18H,4-5,19-20H2,1-3H3. The average molecular weight is 391 g/mol. The molecule has 3 aromatic carbocycles. The van der Waals surface area contributed by atoms with Crippen LogP contribution < -0.4 is 9.47 Å². The highest BCUT2D eigenvalue weighted by atomic mass is 16.5. The Morgan fingerprint density at radius 1 is 0.759 bits per heavy atom.